The number of hydrogen-bond donors (Lipinski definition) is 2. The van der Waals surface area contributed by atoms with Gasteiger partial charge in [-0.2, -0.15) is 13.2 Å². The minimum Gasteiger partial charge on any atom is -0.345 e. The van der Waals surface area contributed by atoms with Gasteiger partial charge in [-0.3, -0.25) is 4.79 Å². The van der Waals surface area contributed by atoms with E-state index in [1.807, 2.05) is 13.8 Å². The number of nitrogens with one attached hydrogen (secondary N) is 1. The van der Waals surface area contributed by atoms with Gasteiger partial charge >= 0.3 is 6.18 Å². The molecule has 0 aromatic heterocycles. The average Bonchev–Trinajstić information content (AvgIpc) is 2.37. The first kappa shape index (κ1) is 18.0. The smallest absolute Gasteiger partial charge is 0.345 e. The van der Waals surface area contributed by atoms with E-state index in [2.05, 4.69) is 21.2 Å². The second-order valence-electron chi connectivity index (χ2n) is 5.42. The van der Waals surface area contributed by atoms with Crippen molar-refractivity contribution in [1.82, 2.24) is 5.32 Å². The largest absolute Gasteiger partial charge is 0.417 e. The van der Waals surface area contributed by atoms with Crippen LogP contribution in [0, 0.1) is 5.92 Å². The van der Waals surface area contributed by atoms with Crippen LogP contribution < -0.4 is 11.1 Å². The van der Waals surface area contributed by atoms with Crippen molar-refractivity contribution in [2.45, 2.75) is 32.5 Å². The number of hydrogen-bond acceptors (Lipinski definition) is 2. The number of halogens is 4. The molecule has 0 aliphatic rings. The molecule has 7 heteroatoms. The van der Waals surface area contributed by atoms with Crippen molar-refractivity contribution < 1.29 is 18.0 Å². The van der Waals surface area contributed by atoms with Crippen molar-refractivity contribution in [3.05, 3.63) is 33.8 Å². The van der Waals surface area contributed by atoms with Crippen LogP contribution in [0.2, 0.25) is 0 Å². The van der Waals surface area contributed by atoms with E-state index >= 15 is 0 Å². The number of carbonyl (C=O) groups is 1. The molecule has 1 unspecified atom stereocenters. The minimum atomic E-state index is -4.52. The molecule has 0 bridgehead atoms. The van der Waals surface area contributed by atoms with Crippen molar-refractivity contribution >= 4 is 21.8 Å². The zero-order chi connectivity index (χ0) is 16.4. The summed E-state index contributed by atoms with van der Waals surface area (Å²) in [5.41, 5.74) is 4.05. The maximum atomic E-state index is 12.8. The third kappa shape index (κ3) is 4.20. The summed E-state index contributed by atoms with van der Waals surface area (Å²) in [6.07, 6.45) is -4.52. The lowest BCUT2D eigenvalue weighted by atomic mass is 9.88. The van der Waals surface area contributed by atoms with Gasteiger partial charge in [0.1, 0.15) is 0 Å². The summed E-state index contributed by atoms with van der Waals surface area (Å²) in [5, 5.41) is 2.71. The molecular weight excluding hydrogens is 349 g/mol. The van der Waals surface area contributed by atoms with Crippen LogP contribution in [-0.2, 0) is 6.18 Å². The normalized spacial score (nSPS) is 14.9. The molecule has 21 heavy (non-hydrogen) atoms. The number of benzene rings is 1. The highest BCUT2D eigenvalue weighted by Gasteiger charge is 2.34. The van der Waals surface area contributed by atoms with Gasteiger partial charge in [-0.25, -0.2) is 0 Å². The van der Waals surface area contributed by atoms with Gasteiger partial charge in [0.15, 0.2) is 0 Å². The molecule has 0 aliphatic heterocycles. The average molecular weight is 367 g/mol. The molecule has 1 rings (SSSR count). The van der Waals surface area contributed by atoms with Gasteiger partial charge < -0.3 is 11.1 Å². The van der Waals surface area contributed by atoms with Crippen molar-refractivity contribution in [1.29, 1.82) is 0 Å². The molecule has 1 amide bonds. The van der Waals surface area contributed by atoms with Crippen LogP contribution in [0.5, 0.6) is 0 Å². The molecule has 1 aromatic rings. The van der Waals surface area contributed by atoms with Gasteiger partial charge in [-0.15, -0.1) is 0 Å². The predicted octanol–water partition coefficient (Wildman–Crippen LogP) is 3.57. The standard InChI is InChI=1S/C14H18BrF3N2O/c1-8(2)13(3,7-19)20-12(21)9-4-5-11(15)10(6-9)14(16,17)18/h4-6,8H,7,19H2,1-3H3,(H,20,21). The lowest BCUT2D eigenvalue weighted by Crippen LogP contribution is -2.55. The van der Waals surface area contributed by atoms with E-state index in [1.165, 1.54) is 12.1 Å². The zero-order valence-electron chi connectivity index (χ0n) is 12.0. The van der Waals surface area contributed by atoms with Crippen LogP contribution in [0.4, 0.5) is 13.2 Å². The first-order valence-electron chi connectivity index (χ1n) is 6.40. The van der Waals surface area contributed by atoms with Gasteiger partial charge in [-0.1, -0.05) is 29.8 Å². The van der Waals surface area contributed by atoms with Gasteiger partial charge in [0.2, 0.25) is 0 Å². The third-order valence-corrected chi connectivity index (χ3v) is 4.32. The van der Waals surface area contributed by atoms with Crippen molar-refractivity contribution in [2.75, 3.05) is 6.54 Å². The molecule has 1 atom stereocenters. The monoisotopic (exact) mass is 366 g/mol. The summed E-state index contributed by atoms with van der Waals surface area (Å²) in [6.45, 7) is 5.73. The first-order chi connectivity index (χ1) is 9.51. The van der Waals surface area contributed by atoms with E-state index in [0.29, 0.717) is 0 Å². The lowest BCUT2D eigenvalue weighted by Gasteiger charge is -2.33. The maximum Gasteiger partial charge on any atom is 0.417 e. The second kappa shape index (κ2) is 6.36. The Balaban J connectivity index is 3.10. The zero-order valence-corrected chi connectivity index (χ0v) is 13.6. The summed E-state index contributed by atoms with van der Waals surface area (Å²) >= 11 is 2.84. The minimum absolute atomic E-state index is 0.0454. The van der Waals surface area contributed by atoms with E-state index in [9.17, 15) is 18.0 Å². The topological polar surface area (TPSA) is 55.1 Å². The van der Waals surface area contributed by atoms with Gasteiger partial charge in [0, 0.05) is 16.6 Å². The molecule has 118 valence electrons. The molecule has 3 nitrogen and oxygen atoms in total. The SMILES string of the molecule is CC(C)C(C)(CN)NC(=O)c1ccc(Br)c(C(F)(F)F)c1. The number of carbonyl (C=O) groups excluding carboxylic acids is 1. The van der Waals surface area contributed by atoms with E-state index in [0.717, 1.165) is 6.07 Å². The molecule has 0 fully saturated rings. The quantitative estimate of drug-likeness (QED) is 0.855. The highest BCUT2D eigenvalue weighted by Crippen LogP contribution is 2.35. The Kier molecular flexibility index (Phi) is 5.44. The van der Waals surface area contributed by atoms with Gasteiger partial charge in [0.05, 0.1) is 11.1 Å². The van der Waals surface area contributed by atoms with E-state index in [-0.39, 0.29) is 22.5 Å². The van der Waals surface area contributed by atoms with Crippen LogP contribution in [0.3, 0.4) is 0 Å². The van der Waals surface area contributed by atoms with Crippen LogP contribution in [0.25, 0.3) is 0 Å². The number of alkyl halides is 3. The maximum absolute atomic E-state index is 12.8. The molecule has 0 saturated carbocycles. The molecule has 0 spiro atoms. The fourth-order valence-electron chi connectivity index (χ4n) is 1.65. The summed E-state index contributed by atoms with van der Waals surface area (Å²) in [5.74, 6) is -0.529. The molecule has 0 heterocycles. The van der Waals surface area contributed by atoms with Crippen molar-refractivity contribution in [2.24, 2.45) is 11.7 Å². The Morgan fingerprint density at radius 3 is 2.38 bits per heavy atom. The van der Waals surface area contributed by atoms with Crippen molar-refractivity contribution in [3.8, 4) is 0 Å². The Labute approximate surface area is 130 Å². The summed E-state index contributed by atoms with van der Waals surface area (Å²) in [4.78, 5) is 12.2. The molecule has 0 aliphatic carbocycles. The highest BCUT2D eigenvalue weighted by atomic mass is 79.9. The molecule has 0 radical (unpaired) electrons. The Bertz CT molecular complexity index is 531. The Hall–Kier alpha value is -1.08. The Morgan fingerprint density at radius 2 is 1.95 bits per heavy atom. The predicted molar refractivity (Wildman–Crippen MR) is 78.9 cm³/mol. The number of amides is 1. The molecule has 3 N–H and O–H groups in total. The lowest BCUT2D eigenvalue weighted by molar-refractivity contribution is -0.138. The van der Waals surface area contributed by atoms with Gasteiger partial charge in [0.25, 0.3) is 5.91 Å². The first-order valence-corrected chi connectivity index (χ1v) is 7.20. The van der Waals surface area contributed by atoms with E-state index in [4.69, 9.17) is 5.73 Å². The van der Waals surface area contributed by atoms with Gasteiger partial charge in [-0.05, 0) is 31.0 Å². The van der Waals surface area contributed by atoms with Crippen molar-refractivity contribution in [3.63, 3.8) is 0 Å². The summed E-state index contributed by atoms with van der Waals surface area (Å²) in [6, 6.07) is 3.38. The second-order valence-corrected chi connectivity index (χ2v) is 6.28. The van der Waals surface area contributed by atoms with Crippen LogP contribution in [0.15, 0.2) is 22.7 Å². The molecule has 0 saturated heterocycles. The fourth-order valence-corrected chi connectivity index (χ4v) is 2.12. The fraction of sp³-hybridized carbons (Fsp3) is 0.500. The number of nitrogens with two attached hydrogens (primary N) is 1. The third-order valence-electron chi connectivity index (χ3n) is 3.63. The summed E-state index contributed by atoms with van der Waals surface area (Å²) < 4.78 is 38.4. The molecular formula is C14H18BrF3N2O. The summed E-state index contributed by atoms with van der Waals surface area (Å²) in [7, 11) is 0. The highest BCUT2D eigenvalue weighted by molar-refractivity contribution is 9.10. The van der Waals surface area contributed by atoms with E-state index in [1.54, 1.807) is 6.92 Å². The number of rotatable bonds is 4. The van der Waals surface area contributed by atoms with Crippen LogP contribution in [-0.4, -0.2) is 18.0 Å². The Morgan fingerprint density at radius 1 is 1.38 bits per heavy atom. The van der Waals surface area contributed by atoms with Crippen LogP contribution >= 0.6 is 15.9 Å². The van der Waals surface area contributed by atoms with Crippen LogP contribution in [0.1, 0.15) is 36.7 Å². The molecule has 1 aromatic carbocycles. The van der Waals surface area contributed by atoms with E-state index < -0.39 is 23.2 Å².